The number of nitriles is 1. The molecule has 1 N–H and O–H groups in total. The molecule has 0 saturated carbocycles. The van der Waals surface area contributed by atoms with Crippen LogP contribution in [0.15, 0.2) is 0 Å². The molecular weight excluding hydrogens is 156 g/mol. The van der Waals surface area contributed by atoms with Crippen molar-refractivity contribution in [1.82, 2.24) is 4.90 Å². The van der Waals surface area contributed by atoms with Crippen LogP contribution in [0.25, 0.3) is 0 Å². The van der Waals surface area contributed by atoms with Crippen LogP contribution in [0.3, 0.4) is 0 Å². The zero-order valence-electron chi connectivity index (χ0n) is 7.29. The molecular formula is C8H14N2O2. The first-order chi connectivity index (χ1) is 5.66. The molecule has 0 amide bonds. The Bertz CT molecular complexity index is 182. The number of aliphatic hydroxyl groups is 1. The first-order valence-electron chi connectivity index (χ1n) is 4.07. The Morgan fingerprint density at radius 2 is 2.17 bits per heavy atom. The van der Waals surface area contributed by atoms with Crippen molar-refractivity contribution >= 4 is 0 Å². The predicted octanol–water partition coefficient (Wildman–Crippen LogP) is -0.0592. The molecule has 1 saturated heterocycles. The number of ether oxygens (including phenoxy) is 1. The minimum absolute atomic E-state index is 0.410. The van der Waals surface area contributed by atoms with Gasteiger partial charge in [0.25, 0.3) is 0 Å². The van der Waals surface area contributed by atoms with Crippen molar-refractivity contribution in [2.24, 2.45) is 0 Å². The quantitative estimate of drug-likeness (QED) is 0.466. The first-order valence-corrected chi connectivity index (χ1v) is 4.07. The van der Waals surface area contributed by atoms with Gasteiger partial charge >= 0.3 is 0 Å². The van der Waals surface area contributed by atoms with E-state index in [9.17, 15) is 5.11 Å². The van der Waals surface area contributed by atoms with Gasteiger partial charge in [-0.05, 0) is 0 Å². The number of hydrogen-bond acceptors (Lipinski definition) is 4. The van der Waals surface area contributed by atoms with E-state index in [1.807, 2.05) is 6.19 Å². The average Bonchev–Trinajstić information content (AvgIpc) is 2.05. The lowest BCUT2D eigenvalue weighted by molar-refractivity contribution is -0.0713. The molecule has 1 aliphatic heterocycles. The molecule has 0 aromatic rings. The fourth-order valence-electron chi connectivity index (χ4n) is 1.39. The lowest BCUT2D eigenvalue weighted by atomic mass is 9.94. The summed E-state index contributed by atoms with van der Waals surface area (Å²) in [5, 5.41) is 18.4. The van der Waals surface area contributed by atoms with Gasteiger partial charge in [-0.2, -0.15) is 5.26 Å². The van der Waals surface area contributed by atoms with Gasteiger partial charge in [0.15, 0.2) is 6.19 Å². The fourth-order valence-corrected chi connectivity index (χ4v) is 1.39. The molecule has 0 spiro atoms. The highest BCUT2D eigenvalue weighted by Gasteiger charge is 2.30. The molecule has 12 heavy (non-hydrogen) atoms. The fraction of sp³-hybridized carbons (Fsp3) is 0.875. The number of hydrogen-bond donors (Lipinski definition) is 1. The molecule has 0 aromatic carbocycles. The van der Waals surface area contributed by atoms with Gasteiger partial charge in [0, 0.05) is 33.1 Å². The molecule has 0 aromatic heterocycles. The third kappa shape index (κ3) is 2.36. The summed E-state index contributed by atoms with van der Waals surface area (Å²) in [6.45, 7) is 1.60. The summed E-state index contributed by atoms with van der Waals surface area (Å²) in [6.07, 6.45) is 3.22. The normalized spacial score (nSPS) is 21.4. The Kier molecular flexibility index (Phi) is 2.90. The minimum atomic E-state index is -0.720. The molecule has 1 heterocycles. The van der Waals surface area contributed by atoms with Gasteiger partial charge in [0.1, 0.15) is 0 Å². The summed E-state index contributed by atoms with van der Waals surface area (Å²) in [7, 11) is 1.67. The number of likely N-dealkylation sites (N-methyl/N-ethyl adjacent to an activating group) is 1. The Morgan fingerprint density at radius 3 is 2.67 bits per heavy atom. The molecule has 1 aliphatic rings. The van der Waals surface area contributed by atoms with E-state index in [1.165, 1.54) is 4.90 Å². The standard InChI is InChI=1S/C8H14N2O2/c1-10(7-9)6-8(11)2-4-12-5-3-8/h11H,2-6H2,1H3. The number of nitrogens with zero attached hydrogens (tertiary/aromatic N) is 2. The van der Waals surface area contributed by atoms with Gasteiger partial charge < -0.3 is 14.7 Å². The van der Waals surface area contributed by atoms with Crippen LogP contribution >= 0.6 is 0 Å². The van der Waals surface area contributed by atoms with Crippen LogP contribution in [0.4, 0.5) is 0 Å². The monoisotopic (exact) mass is 170 g/mol. The second-order valence-electron chi connectivity index (χ2n) is 3.29. The zero-order valence-corrected chi connectivity index (χ0v) is 7.29. The Balaban J connectivity index is 2.42. The van der Waals surface area contributed by atoms with Crippen molar-refractivity contribution < 1.29 is 9.84 Å². The highest BCUT2D eigenvalue weighted by atomic mass is 16.5. The molecule has 0 unspecified atom stereocenters. The molecule has 1 rings (SSSR count). The van der Waals surface area contributed by atoms with Gasteiger partial charge in [-0.15, -0.1) is 0 Å². The van der Waals surface area contributed by atoms with Crippen LogP contribution in [0.5, 0.6) is 0 Å². The van der Waals surface area contributed by atoms with E-state index in [-0.39, 0.29) is 0 Å². The van der Waals surface area contributed by atoms with Gasteiger partial charge in [-0.3, -0.25) is 0 Å². The molecule has 4 nitrogen and oxygen atoms in total. The van der Waals surface area contributed by atoms with E-state index >= 15 is 0 Å². The van der Waals surface area contributed by atoms with Crippen LogP contribution in [-0.2, 0) is 4.74 Å². The molecule has 0 aliphatic carbocycles. The second kappa shape index (κ2) is 3.74. The molecule has 4 heteroatoms. The highest BCUT2D eigenvalue weighted by Crippen LogP contribution is 2.20. The van der Waals surface area contributed by atoms with Crippen molar-refractivity contribution in [3.05, 3.63) is 0 Å². The average molecular weight is 170 g/mol. The minimum Gasteiger partial charge on any atom is -0.388 e. The molecule has 0 radical (unpaired) electrons. The van der Waals surface area contributed by atoms with Crippen LogP contribution < -0.4 is 0 Å². The van der Waals surface area contributed by atoms with Crippen LogP contribution in [-0.4, -0.2) is 42.4 Å². The summed E-state index contributed by atoms with van der Waals surface area (Å²) in [5.41, 5.74) is -0.720. The van der Waals surface area contributed by atoms with Crippen molar-refractivity contribution in [1.29, 1.82) is 5.26 Å². The van der Waals surface area contributed by atoms with Gasteiger partial charge in [0.2, 0.25) is 0 Å². The maximum Gasteiger partial charge on any atom is 0.179 e. The second-order valence-corrected chi connectivity index (χ2v) is 3.29. The van der Waals surface area contributed by atoms with E-state index in [1.54, 1.807) is 7.05 Å². The zero-order chi connectivity index (χ0) is 9.03. The molecule has 0 bridgehead atoms. The predicted molar refractivity (Wildman–Crippen MR) is 43.2 cm³/mol. The topological polar surface area (TPSA) is 56.5 Å². The maximum atomic E-state index is 9.90. The Morgan fingerprint density at radius 1 is 1.58 bits per heavy atom. The van der Waals surface area contributed by atoms with Gasteiger partial charge in [0.05, 0.1) is 12.1 Å². The van der Waals surface area contributed by atoms with Crippen molar-refractivity contribution in [3.8, 4) is 6.19 Å². The summed E-state index contributed by atoms with van der Waals surface area (Å²) in [5.74, 6) is 0. The van der Waals surface area contributed by atoms with Crippen LogP contribution in [0, 0.1) is 11.5 Å². The Labute approximate surface area is 72.3 Å². The largest absolute Gasteiger partial charge is 0.388 e. The summed E-state index contributed by atoms with van der Waals surface area (Å²) in [4.78, 5) is 1.45. The smallest absolute Gasteiger partial charge is 0.179 e. The van der Waals surface area contributed by atoms with E-state index in [2.05, 4.69) is 0 Å². The maximum absolute atomic E-state index is 9.90. The lowest BCUT2D eigenvalue weighted by Gasteiger charge is -2.33. The van der Waals surface area contributed by atoms with Gasteiger partial charge in [-0.25, -0.2) is 0 Å². The Hall–Kier alpha value is -0.790. The summed E-state index contributed by atoms with van der Waals surface area (Å²) in [6, 6.07) is 0. The first kappa shape index (κ1) is 9.30. The molecule has 1 fully saturated rings. The third-order valence-electron chi connectivity index (χ3n) is 2.13. The van der Waals surface area contributed by atoms with E-state index in [4.69, 9.17) is 10.00 Å². The third-order valence-corrected chi connectivity index (χ3v) is 2.13. The van der Waals surface area contributed by atoms with Crippen LogP contribution in [0.2, 0.25) is 0 Å². The van der Waals surface area contributed by atoms with Crippen molar-refractivity contribution in [2.75, 3.05) is 26.8 Å². The molecule has 0 atom stereocenters. The van der Waals surface area contributed by atoms with E-state index in [0.29, 0.717) is 32.6 Å². The van der Waals surface area contributed by atoms with Crippen molar-refractivity contribution in [2.45, 2.75) is 18.4 Å². The summed E-state index contributed by atoms with van der Waals surface area (Å²) < 4.78 is 5.12. The van der Waals surface area contributed by atoms with Crippen molar-refractivity contribution in [3.63, 3.8) is 0 Å². The van der Waals surface area contributed by atoms with E-state index in [0.717, 1.165) is 0 Å². The highest BCUT2D eigenvalue weighted by molar-refractivity contribution is 4.87. The summed E-state index contributed by atoms with van der Waals surface area (Å²) >= 11 is 0. The SMILES string of the molecule is CN(C#N)CC1(O)CCOCC1. The lowest BCUT2D eigenvalue weighted by Crippen LogP contribution is -2.44. The number of rotatable bonds is 2. The van der Waals surface area contributed by atoms with Gasteiger partial charge in [-0.1, -0.05) is 0 Å². The molecule has 68 valence electrons. The van der Waals surface area contributed by atoms with E-state index < -0.39 is 5.60 Å². The van der Waals surface area contributed by atoms with Crippen LogP contribution in [0.1, 0.15) is 12.8 Å².